The molecule has 0 aromatic rings. The third-order valence-electron chi connectivity index (χ3n) is 5.79. The number of halogens is 1. The molecule has 2 saturated heterocycles. The summed E-state index contributed by atoms with van der Waals surface area (Å²) in [5, 5.41) is 0. The zero-order valence-electron chi connectivity index (χ0n) is 14.7. The highest BCUT2D eigenvalue weighted by Gasteiger charge is 2.54. The second kappa shape index (κ2) is 5.89. The highest BCUT2D eigenvalue weighted by atomic mass is 19.1. The first-order chi connectivity index (χ1) is 10.7. The van der Waals surface area contributed by atoms with Crippen LogP contribution >= 0.6 is 0 Å². The molecule has 4 nitrogen and oxygen atoms in total. The van der Waals surface area contributed by atoms with Crippen LogP contribution in [0.3, 0.4) is 0 Å². The van der Waals surface area contributed by atoms with E-state index in [0.29, 0.717) is 19.3 Å². The van der Waals surface area contributed by atoms with Crippen LogP contribution in [-0.4, -0.2) is 42.2 Å². The number of nitrogens with zero attached hydrogens (tertiary/aromatic N) is 1. The van der Waals surface area contributed by atoms with Gasteiger partial charge >= 0.3 is 7.12 Å². The lowest BCUT2D eigenvalue weighted by molar-refractivity contribution is -0.131. The van der Waals surface area contributed by atoms with Gasteiger partial charge in [-0.25, -0.2) is 4.39 Å². The van der Waals surface area contributed by atoms with Crippen LogP contribution in [0.2, 0.25) is 0 Å². The summed E-state index contributed by atoms with van der Waals surface area (Å²) in [7, 11) is -0.898. The fraction of sp³-hybridized carbons (Fsp3) is 0.824. The predicted molar refractivity (Wildman–Crippen MR) is 87.4 cm³/mol. The molecule has 0 spiro atoms. The van der Waals surface area contributed by atoms with Gasteiger partial charge in [0.1, 0.15) is 5.73 Å². The number of carbonyl (C=O) groups excluding carboxylic acids is 1. The Bertz CT molecular complexity index is 502. The van der Waals surface area contributed by atoms with Gasteiger partial charge in [0, 0.05) is 19.5 Å². The molecule has 0 N–H and O–H groups in total. The predicted octanol–water partition coefficient (Wildman–Crippen LogP) is 3.26. The number of hydrogen-bond acceptors (Lipinski definition) is 3. The van der Waals surface area contributed by atoms with Gasteiger partial charge in [-0.2, -0.15) is 0 Å². The molecule has 0 unspecified atom stereocenters. The van der Waals surface area contributed by atoms with E-state index in [1.807, 2.05) is 32.6 Å². The molecule has 23 heavy (non-hydrogen) atoms. The van der Waals surface area contributed by atoms with Gasteiger partial charge < -0.3 is 14.2 Å². The second-order valence-electron chi connectivity index (χ2n) is 8.11. The SMILES string of the molecule is CC1(C)OB(C(F)=C2CC(CC(=O)N3CCCC3)C2)OC1(C)C. The summed E-state index contributed by atoms with van der Waals surface area (Å²) in [6, 6.07) is 0. The summed E-state index contributed by atoms with van der Waals surface area (Å²) >= 11 is 0. The third-order valence-corrected chi connectivity index (χ3v) is 5.79. The average Bonchev–Trinajstić information content (AvgIpc) is 3.00. The number of amides is 1. The molecule has 0 atom stereocenters. The Hall–Kier alpha value is -0.875. The molecule has 1 saturated carbocycles. The molecule has 2 heterocycles. The van der Waals surface area contributed by atoms with Crippen molar-refractivity contribution in [3.05, 3.63) is 11.3 Å². The molecule has 0 aromatic heterocycles. The first-order valence-corrected chi connectivity index (χ1v) is 8.70. The summed E-state index contributed by atoms with van der Waals surface area (Å²) < 4.78 is 26.1. The van der Waals surface area contributed by atoms with E-state index in [4.69, 9.17) is 9.31 Å². The Balaban J connectivity index is 1.53. The van der Waals surface area contributed by atoms with E-state index in [0.717, 1.165) is 31.5 Å². The molecule has 2 aliphatic heterocycles. The number of carbonyl (C=O) groups is 1. The monoisotopic (exact) mass is 323 g/mol. The van der Waals surface area contributed by atoms with E-state index in [1.165, 1.54) is 0 Å². The van der Waals surface area contributed by atoms with Gasteiger partial charge in [-0.3, -0.25) is 4.79 Å². The normalized spacial score (nSPS) is 28.9. The summed E-state index contributed by atoms with van der Waals surface area (Å²) in [5.41, 5.74) is -0.578. The van der Waals surface area contributed by atoms with Crippen molar-refractivity contribution in [3.8, 4) is 0 Å². The highest BCUT2D eigenvalue weighted by Crippen LogP contribution is 2.44. The van der Waals surface area contributed by atoms with Crippen LogP contribution in [0.1, 0.15) is 59.8 Å². The molecule has 3 rings (SSSR count). The van der Waals surface area contributed by atoms with Crippen molar-refractivity contribution in [2.24, 2.45) is 5.92 Å². The average molecular weight is 323 g/mol. The number of allylic oxidation sites excluding steroid dienone is 1. The smallest absolute Gasteiger partial charge is 0.398 e. The van der Waals surface area contributed by atoms with Crippen molar-refractivity contribution in [1.82, 2.24) is 4.90 Å². The molecule has 6 heteroatoms. The first-order valence-electron chi connectivity index (χ1n) is 8.70. The fourth-order valence-electron chi connectivity index (χ4n) is 3.43. The van der Waals surface area contributed by atoms with Gasteiger partial charge in [0.2, 0.25) is 5.91 Å². The zero-order valence-corrected chi connectivity index (χ0v) is 14.7. The Labute approximate surface area is 138 Å². The van der Waals surface area contributed by atoms with E-state index in [2.05, 4.69) is 0 Å². The van der Waals surface area contributed by atoms with Crippen molar-refractivity contribution in [2.45, 2.75) is 71.0 Å². The van der Waals surface area contributed by atoms with Gasteiger partial charge in [0.05, 0.1) is 11.2 Å². The standard InChI is InChI=1S/C17H27BFNO3/c1-16(2)17(3,4)23-18(22-16)15(19)13-9-12(10-13)11-14(21)20-7-5-6-8-20/h12H,5-11H2,1-4H3. The topological polar surface area (TPSA) is 38.8 Å². The summed E-state index contributed by atoms with van der Waals surface area (Å²) in [5.74, 6) is 0.494. The van der Waals surface area contributed by atoms with Crippen LogP contribution in [0, 0.1) is 5.92 Å². The van der Waals surface area contributed by atoms with Crippen molar-refractivity contribution >= 4 is 13.0 Å². The molecular formula is C17H27BFNO3. The molecule has 3 aliphatic rings. The van der Waals surface area contributed by atoms with Crippen molar-refractivity contribution in [3.63, 3.8) is 0 Å². The lowest BCUT2D eigenvalue weighted by Crippen LogP contribution is -2.41. The van der Waals surface area contributed by atoms with Crippen LogP contribution in [-0.2, 0) is 14.1 Å². The lowest BCUT2D eigenvalue weighted by Gasteiger charge is -2.32. The summed E-state index contributed by atoms with van der Waals surface area (Å²) in [6.07, 6.45) is 4.06. The van der Waals surface area contributed by atoms with Crippen LogP contribution in [0.15, 0.2) is 11.3 Å². The Kier molecular flexibility index (Phi) is 4.34. The van der Waals surface area contributed by atoms with Crippen molar-refractivity contribution in [2.75, 3.05) is 13.1 Å². The number of likely N-dealkylation sites (tertiary alicyclic amines) is 1. The van der Waals surface area contributed by atoms with Crippen molar-refractivity contribution < 1.29 is 18.5 Å². The van der Waals surface area contributed by atoms with Crippen LogP contribution < -0.4 is 0 Å². The van der Waals surface area contributed by atoms with E-state index in [1.54, 1.807) is 0 Å². The maximum Gasteiger partial charge on any atom is 0.525 e. The number of rotatable bonds is 3. The lowest BCUT2D eigenvalue weighted by atomic mass is 9.71. The maximum atomic E-state index is 14.6. The van der Waals surface area contributed by atoms with Gasteiger partial charge in [0.25, 0.3) is 0 Å². The molecule has 128 valence electrons. The van der Waals surface area contributed by atoms with Crippen LogP contribution in [0.5, 0.6) is 0 Å². The van der Waals surface area contributed by atoms with E-state index in [-0.39, 0.29) is 17.6 Å². The summed E-state index contributed by atoms with van der Waals surface area (Å²) in [4.78, 5) is 14.1. The Morgan fingerprint density at radius 3 is 2.22 bits per heavy atom. The fourth-order valence-corrected chi connectivity index (χ4v) is 3.43. The minimum absolute atomic E-state index is 0.225. The van der Waals surface area contributed by atoms with E-state index in [9.17, 15) is 9.18 Å². The molecule has 3 fully saturated rings. The van der Waals surface area contributed by atoms with Gasteiger partial charge in [0.15, 0.2) is 0 Å². The zero-order chi connectivity index (χ0) is 16.8. The second-order valence-corrected chi connectivity index (χ2v) is 8.11. The minimum atomic E-state index is -0.898. The van der Waals surface area contributed by atoms with Gasteiger partial charge in [-0.15, -0.1) is 0 Å². The molecule has 0 aromatic carbocycles. The van der Waals surface area contributed by atoms with Gasteiger partial charge in [-0.05, 0) is 64.9 Å². The largest absolute Gasteiger partial charge is 0.525 e. The van der Waals surface area contributed by atoms with Crippen LogP contribution in [0.25, 0.3) is 0 Å². The van der Waals surface area contributed by atoms with Crippen LogP contribution in [0.4, 0.5) is 4.39 Å². The molecular weight excluding hydrogens is 296 g/mol. The van der Waals surface area contributed by atoms with E-state index >= 15 is 0 Å². The number of hydrogen-bond donors (Lipinski definition) is 0. The Morgan fingerprint density at radius 1 is 1.17 bits per heavy atom. The molecule has 0 radical (unpaired) electrons. The maximum absolute atomic E-state index is 14.6. The molecule has 0 bridgehead atoms. The Morgan fingerprint density at radius 2 is 1.70 bits per heavy atom. The highest BCUT2D eigenvalue weighted by molar-refractivity contribution is 6.53. The molecule has 1 amide bonds. The minimum Gasteiger partial charge on any atom is -0.398 e. The quantitative estimate of drug-likeness (QED) is 0.748. The van der Waals surface area contributed by atoms with E-state index < -0.39 is 18.3 Å². The first kappa shape index (κ1) is 17.0. The third kappa shape index (κ3) is 3.20. The summed E-state index contributed by atoms with van der Waals surface area (Å²) in [6.45, 7) is 9.45. The van der Waals surface area contributed by atoms with Crippen molar-refractivity contribution in [1.29, 1.82) is 0 Å². The van der Waals surface area contributed by atoms with Gasteiger partial charge in [-0.1, -0.05) is 0 Å². The molecule has 1 aliphatic carbocycles.